The lowest BCUT2D eigenvalue weighted by atomic mass is 10.1. The molecule has 4 nitrogen and oxygen atoms in total. The maximum Gasteiger partial charge on any atom is 0.258 e. The Morgan fingerprint density at radius 1 is 1.22 bits per heavy atom. The van der Waals surface area contributed by atoms with E-state index in [1.807, 2.05) is 26.0 Å². The molecule has 0 atom stereocenters. The van der Waals surface area contributed by atoms with Crippen molar-refractivity contribution in [2.24, 2.45) is 0 Å². The Balaban J connectivity index is 2.47. The molecule has 0 saturated heterocycles. The van der Waals surface area contributed by atoms with Gasteiger partial charge < -0.3 is 9.63 Å². The van der Waals surface area contributed by atoms with Crippen LogP contribution in [0.3, 0.4) is 0 Å². The van der Waals surface area contributed by atoms with Crippen molar-refractivity contribution in [3.8, 4) is 11.4 Å². The highest BCUT2D eigenvalue weighted by Crippen LogP contribution is 2.28. The van der Waals surface area contributed by atoms with Gasteiger partial charge in [-0.3, -0.25) is 0 Å². The van der Waals surface area contributed by atoms with Gasteiger partial charge in [0.2, 0.25) is 5.82 Å². The van der Waals surface area contributed by atoms with Gasteiger partial charge in [0.15, 0.2) is 0 Å². The Hall–Kier alpha value is -1.20. The summed E-state index contributed by atoms with van der Waals surface area (Å²) in [5.74, 6) is 0.710. The minimum absolute atomic E-state index is 0.218. The van der Waals surface area contributed by atoms with E-state index in [2.05, 4.69) is 26.1 Å². The highest BCUT2D eigenvalue weighted by Gasteiger charge is 2.24. The number of aromatic nitrogens is 2. The number of hydrogen-bond acceptors (Lipinski definition) is 4. The third-order valence-corrected chi connectivity index (χ3v) is 3.89. The summed E-state index contributed by atoms with van der Waals surface area (Å²) >= 11 is 3.52. The Morgan fingerprint density at radius 3 is 2.22 bits per heavy atom. The zero-order valence-electron chi connectivity index (χ0n) is 10.8. The molecule has 0 amide bonds. The first kappa shape index (κ1) is 13.2. The molecule has 2 rings (SSSR count). The molecule has 0 bridgehead atoms. The van der Waals surface area contributed by atoms with Crippen LogP contribution in [-0.2, 0) is 5.60 Å². The van der Waals surface area contributed by atoms with Crippen molar-refractivity contribution >= 4 is 15.9 Å². The van der Waals surface area contributed by atoms with E-state index in [-0.39, 0.29) is 5.89 Å². The number of benzene rings is 1. The van der Waals surface area contributed by atoms with Gasteiger partial charge in [-0.2, -0.15) is 4.98 Å². The molecular formula is C13H15BrN2O2. The molecule has 0 unspecified atom stereocenters. The van der Waals surface area contributed by atoms with Crippen LogP contribution in [0.2, 0.25) is 0 Å². The summed E-state index contributed by atoms with van der Waals surface area (Å²) in [6, 6.07) is 3.96. The van der Waals surface area contributed by atoms with Crippen LogP contribution < -0.4 is 0 Å². The highest BCUT2D eigenvalue weighted by molar-refractivity contribution is 9.10. The summed E-state index contributed by atoms with van der Waals surface area (Å²) in [7, 11) is 0. The fourth-order valence-electron chi connectivity index (χ4n) is 1.66. The molecule has 0 spiro atoms. The molecule has 96 valence electrons. The summed E-state index contributed by atoms with van der Waals surface area (Å²) < 4.78 is 6.15. The summed E-state index contributed by atoms with van der Waals surface area (Å²) in [6.45, 7) is 7.25. The molecule has 2 aromatic rings. The monoisotopic (exact) mass is 310 g/mol. The molecule has 0 fully saturated rings. The first-order chi connectivity index (χ1) is 8.29. The van der Waals surface area contributed by atoms with Gasteiger partial charge in [-0.25, -0.2) is 0 Å². The quantitative estimate of drug-likeness (QED) is 0.924. The summed E-state index contributed by atoms with van der Waals surface area (Å²) in [5.41, 5.74) is 1.98. The smallest absolute Gasteiger partial charge is 0.258 e. The zero-order chi connectivity index (χ0) is 13.5. The second-order valence-electron chi connectivity index (χ2n) is 4.91. The minimum atomic E-state index is -1.12. The highest BCUT2D eigenvalue weighted by atomic mass is 79.9. The van der Waals surface area contributed by atoms with Gasteiger partial charge in [-0.15, -0.1) is 0 Å². The molecule has 0 aliphatic heterocycles. The lowest BCUT2D eigenvalue weighted by molar-refractivity contribution is 0.0420. The normalized spacial score (nSPS) is 11.9. The molecule has 1 aromatic carbocycles. The van der Waals surface area contributed by atoms with E-state index in [9.17, 15) is 5.11 Å². The van der Waals surface area contributed by atoms with E-state index in [0.29, 0.717) is 5.82 Å². The maximum atomic E-state index is 9.80. The second-order valence-corrected chi connectivity index (χ2v) is 5.70. The van der Waals surface area contributed by atoms with Crippen molar-refractivity contribution in [2.75, 3.05) is 0 Å². The number of halogens is 1. The van der Waals surface area contributed by atoms with Gasteiger partial charge in [-0.05, 0) is 51.0 Å². The van der Waals surface area contributed by atoms with E-state index >= 15 is 0 Å². The summed E-state index contributed by atoms with van der Waals surface area (Å²) in [5, 5.41) is 13.7. The van der Waals surface area contributed by atoms with Crippen LogP contribution in [0.25, 0.3) is 11.4 Å². The molecule has 0 aliphatic rings. The van der Waals surface area contributed by atoms with Crippen LogP contribution in [0.15, 0.2) is 21.1 Å². The average Bonchev–Trinajstić information content (AvgIpc) is 2.73. The van der Waals surface area contributed by atoms with Crippen molar-refractivity contribution in [3.05, 3.63) is 33.6 Å². The zero-order valence-corrected chi connectivity index (χ0v) is 12.4. The van der Waals surface area contributed by atoms with Crippen molar-refractivity contribution in [1.29, 1.82) is 0 Å². The predicted octanol–water partition coefficient (Wildman–Crippen LogP) is 3.34. The summed E-state index contributed by atoms with van der Waals surface area (Å²) in [6.07, 6.45) is 0. The molecule has 5 heteroatoms. The molecule has 1 aromatic heterocycles. The van der Waals surface area contributed by atoms with Crippen molar-refractivity contribution in [2.45, 2.75) is 33.3 Å². The minimum Gasteiger partial charge on any atom is -0.381 e. The van der Waals surface area contributed by atoms with Gasteiger partial charge >= 0.3 is 0 Å². The molecule has 18 heavy (non-hydrogen) atoms. The number of aliphatic hydroxyl groups is 1. The SMILES string of the molecule is Cc1cc(-c2noc(C(C)(C)O)n2)cc(C)c1Br. The van der Waals surface area contributed by atoms with Crippen molar-refractivity contribution in [1.82, 2.24) is 10.1 Å². The fraction of sp³-hybridized carbons (Fsp3) is 0.385. The maximum absolute atomic E-state index is 9.80. The van der Waals surface area contributed by atoms with E-state index in [1.54, 1.807) is 13.8 Å². The first-order valence-corrected chi connectivity index (χ1v) is 6.42. The predicted molar refractivity (Wildman–Crippen MR) is 72.2 cm³/mol. The van der Waals surface area contributed by atoms with E-state index in [0.717, 1.165) is 21.2 Å². The summed E-state index contributed by atoms with van der Waals surface area (Å²) in [4.78, 5) is 4.22. The van der Waals surface area contributed by atoms with Crippen LogP contribution in [0.5, 0.6) is 0 Å². The lowest BCUT2D eigenvalue weighted by Crippen LogP contribution is -2.15. The lowest BCUT2D eigenvalue weighted by Gasteiger charge is -2.09. The van der Waals surface area contributed by atoms with Gasteiger partial charge in [0.25, 0.3) is 5.89 Å². The molecule has 0 saturated carbocycles. The number of aryl methyl sites for hydroxylation is 2. The topological polar surface area (TPSA) is 59.2 Å². The Morgan fingerprint density at radius 2 is 1.78 bits per heavy atom. The van der Waals surface area contributed by atoms with E-state index in [1.165, 1.54) is 0 Å². The van der Waals surface area contributed by atoms with Gasteiger partial charge in [0.1, 0.15) is 5.60 Å². The molecule has 0 aliphatic carbocycles. The Bertz CT molecular complexity index is 562. The van der Waals surface area contributed by atoms with Crippen molar-refractivity contribution < 1.29 is 9.63 Å². The third kappa shape index (κ3) is 2.47. The van der Waals surface area contributed by atoms with E-state index in [4.69, 9.17) is 4.52 Å². The largest absolute Gasteiger partial charge is 0.381 e. The van der Waals surface area contributed by atoms with Crippen LogP contribution in [-0.4, -0.2) is 15.2 Å². The van der Waals surface area contributed by atoms with Crippen LogP contribution in [0.4, 0.5) is 0 Å². The average molecular weight is 311 g/mol. The Labute approximate surface area is 114 Å². The van der Waals surface area contributed by atoms with E-state index < -0.39 is 5.60 Å². The van der Waals surface area contributed by atoms with Gasteiger partial charge in [0.05, 0.1) is 0 Å². The van der Waals surface area contributed by atoms with Gasteiger partial charge in [-0.1, -0.05) is 21.1 Å². The fourth-order valence-corrected chi connectivity index (χ4v) is 1.89. The van der Waals surface area contributed by atoms with Crippen LogP contribution >= 0.6 is 15.9 Å². The third-order valence-electron chi connectivity index (χ3n) is 2.64. The first-order valence-electron chi connectivity index (χ1n) is 5.62. The number of nitrogens with zero attached hydrogens (tertiary/aromatic N) is 2. The molecule has 1 heterocycles. The number of rotatable bonds is 2. The molecular weight excluding hydrogens is 296 g/mol. The number of hydrogen-bond donors (Lipinski definition) is 1. The van der Waals surface area contributed by atoms with Crippen LogP contribution in [0.1, 0.15) is 30.9 Å². The molecule has 1 N–H and O–H groups in total. The van der Waals surface area contributed by atoms with Crippen LogP contribution in [0, 0.1) is 13.8 Å². The Kier molecular flexibility index (Phi) is 3.29. The second kappa shape index (κ2) is 4.48. The van der Waals surface area contributed by atoms with Gasteiger partial charge in [0, 0.05) is 10.0 Å². The molecule has 0 radical (unpaired) electrons. The standard InChI is InChI=1S/C13H15BrN2O2/c1-7-5-9(6-8(2)10(7)14)11-15-12(18-16-11)13(3,4)17/h5-6,17H,1-4H3. The van der Waals surface area contributed by atoms with Crippen molar-refractivity contribution in [3.63, 3.8) is 0 Å².